The number of rotatable bonds is 2. The third kappa shape index (κ3) is 2.48. The molecule has 0 bridgehead atoms. The Hall–Kier alpha value is -2.41. The molecule has 6 rings (SSSR count). The molecule has 9 atom stereocenters. The van der Waals surface area contributed by atoms with E-state index >= 15 is 0 Å². The van der Waals surface area contributed by atoms with E-state index in [4.69, 9.17) is 18.6 Å². The summed E-state index contributed by atoms with van der Waals surface area (Å²) in [6.07, 6.45) is 7.46. The average molecular weight is 483 g/mol. The van der Waals surface area contributed by atoms with Crippen molar-refractivity contribution in [3.8, 4) is 0 Å². The van der Waals surface area contributed by atoms with Crippen molar-refractivity contribution < 1.29 is 33.0 Å². The Balaban J connectivity index is 1.55. The minimum absolute atomic E-state index is 0.00639. The molecule has 1 aromatic rings. The highest BCUT2D eigenvalue weighted by Crippen LogP contribution is 2.79. The number of hydrogen-bond donors (Lipinski definition) is 0. The lowest BCUT2D eigenvalue weighted by Gasteiger charge is -2.68. The first-order valence-corrected chi connectivity index (χ1v) is 12.7. The number of ether oxygens (including phenoxy) is 3. The van der Waals surface area contributed by atoms with Crippen LogP contribution < -0.4 is 0 Å². The predicted molar refractivity (Wildman–Crippen MR) is 124 cm³/mol. The molecule has 3 heterocycles. The standard InChI is InChI=1S/C28H34O7/c1-15(29)33-20-13-18-24(2,3)19(30)8-10-25(18,4)17-7-11-26(5)21(16-9-12-32-14-16)34-23(31)22-28(26,35-22)27(17,20)6/h8-10,12,14,17-18,20-22H,7,11,13H2,1-6H3/t17?,18?,20?,21-,22+,25+,26-,27?,28+/m0/s1. The fourth-order valence-electron chi connectivity index (χ4n) is 9.20. The molecule has 0 N–H and O–H groups in total. The average Bonchev–Trinajstić information content (AvgIpc) is 3.35. The Labute approximate surface area is 205 Å². The number of esters is 2. The predicted octanol–water partition coefficient (Wildman–Crippen LogP) is 4.56. The minimum Gasteiger partial charge on any atom is -0.472 e. The number of fused-ring (bicyclic) bond motifs is 3. The molecule has 4 fully saturated rings. The van der Waals surface area contributed by atoms with E-state index in [1.165, 1.54) is 6.92 Å². The maximum atomic E-state index is 13.2. The summed E-state index contributed by atoms with van der Waals surface area (Å²) in [5, 5.41) is 0. The van der Waals surface area contributed by atoms with Gasteiger partial charge in [0, 0.05) is 28.7 Å². The monoisotopic (exact) mass is 482 g/mol. The van der Waals surface area contributed by atoms with Crippen molar-refractivity contribution in [2.75, 3.05) is 0 Å². The second-order valence-corrected chi connectivity index (χ2v) is 12.6. The maximum Gasteiger partial charge on any atom is 0.339 e. The van der Waals surface area contributed by atoms with E-state index in [2.05, 4.69) is 26.8 Å². The number of carbonyl (C=O) groups excluding carboxylic acids is 3. The van der Waals surface area contributed by atoms with E-state index in [1.54, 1.807) is 18.6 Å². The Morgan fingerprint density at radius 1 is 1.09 bits per heavy atom. The van der Waals surface area contributed by atoms with Crippen LogP contribution in [0.2, 0.25) is 0 Å². The second kappa shape index (κ2) is 6.67. The van der Waals surface area contributed by atoms with Crippen LogP contribution >= 0.6 is 0 Å². The van der Waals surface area contributed by atoms with Gasteiger partial charge in [-0.1, -0.05) is 40.7 Å². The topological polar surface area (TPSA) is 95.3 Å². The number of epoxide rings is 1. The molecule has 0 aromatic carbocycles. The number of cyclic esters (lactones) is 1. The zero-order chi connectivity index (χ0) is 25.2. The van der Waals surface area contributed by atoms with Gasteiger partial charge in [0.25, 0.3) is 0 Å². The van der Waals surface area contributed by atoms with Gasteiger partial charge in [-0.05, 0) is 48.7 Å². The van der Waals surface area contributed by atoms with Crippen LogP contribution in [0.3, 0.4) is 0 Å². The number of allylic oxidation sites excluding steroid dienone is 2. The number of ketones is 1. The van der Waals surface area contributed by atoms with Crippen molar-refractivity contribution in [3.05, 3.63) is 36.3 Å². The summed E-state index contributed by atoms with van der Waals surface area (Å²) in [7, 11) is 0. The molecule has 7 heteroatoms. The highest BCUT2D eigenvalue weighted by atomic mass is 16.7. The molecule has 3 aliphatic carbocycles. The summed E-state index contributed by atoms with van der Waals surface area (Å²) in [4.78, 5) is 38.6. The molecule has 1 aromatic heterocycles. The molecule has 0 radical (unpaired) electrons. The summed E-state index contributed by atoms with van der Waals surface area (Å²) < 4.78 is 24.0. The van der Waals surface area contributed by atoms with Crippen molar-refractivity contribution in [1.29, 1.82) is 0 Å². The van der Waals surface area contributed by atoms with Gasteiger partial charge in [0.05, 0.1) is 12.5 Å². The molecule has 0 amide bonds. The summed E-state index contributed by atoms with van der Waals surface area (Å²) in [6.45, 7) is 12.0. The third-order valence-electron chi connectivity index (χ3n) is 10.8. The van der Waals surface area contributed by atoms with Gasteiger partial charge in [-0.25, -0.2) is 4.79 Å². The quantitative estimate of drug-likeness (QED) is 0.450. The van der Waals surface area contributed by atoms with Crippen LogP contribution in [-0.4, -0.2) is 35.5 Å². The minimum atomic E-state index is -0.853. The third-order valence-corrected chi connectivity index (χ3v) is 10.8. The summed E-state index contributed by atoms with van der Waals surface area (Å²) in [5.41, 5.74) is -2.15. The van der Waals surface area contributed by atoms with E-state index in [-0.39, 0.29) is 35.0 Å². The number of carbonyl (C=O) groups is 3. The summed E-state index contributed by atoms with van der Waals surface area (Å²) in [5.74, 6) is -0.603. The molecule has 2 aliphatic heterocycles. The highest BCUT2D eigenvalue weighted by molar-refractivity contribution is 5.95. The number of furan rings is 1. The van der Waals surface area contributed by atoms with Gasteiger partial charge in [0.15, 0.2) is 11.9 Å². The Kier molecular flexibility index (Phi) is 4.38. The SMILES string of the molecule is CC(=O)OC1CC2C(C)(C)C(=O)C=C[C@]2(C)C2CC[C@@]3(C)[C@H](c4ccoc4)OC(=O)[C@H]4O[C@]43C12C. The Bertz CT molecular complexity index is 1150. The Morgan fingerprint density at radius 3 is 2.49 bits per heavy atom. The van der Waals surface area contributed by atoms with Crippen molar-refractivity contribution in [2.45, 2.75) is 84.7 Å². The molecule has 7 nitrogen and oxygen atoms in total. The van der Waals surface area contributed by atoms with Crippen LogP contribution in [0.4, 0.5) is 0 Å². The van der Waals surface area contributed by atoms with Crippen molar-refractivity contribution in [2.24, 2.45) is 33.5 Å². The van der Waals surface area contributed by atoms with Gasteiger partial charge in [0.2, 0.25) is 0 Å². The Morgan fingerprint density at radius 2 is 1.83 bits per heavy atom. The first-order chi connectivity index (χ1) is 16.3. The van der Waals surface area contributed by atoms with Gasteiger partial charge in [0.1, 0.15) is 17.8 Å². The molecule has 1 spiro atoms. The lowest BCUT2D eigenvalue weighted by atomic mass is 9.35. The molecule has 35 heavy (non-hydrogen) atoms. The van der Waals surface area contributed by atoms with Gasteiger partial charge >= 0.3 is 11.9 Å². The van der Waals surface area contributed by atoms with Crippen molar-refractivity contribution >= 4 is 17.7 Å². The molecular formula is C28H34O7. The van der Waals surface area contributed by atoms with Gasteiger partial charge in [-0.2, -0.15) is 0 Å². The van der Waals surface area contributed by atoms with Gasteiger partial charge < -0.3 is 18.6 Å². The zero-order valence-electron chi connectivity index (χ0n) is 21.3. The van der Waals surface area contributed by atoms with Gasteiger partial charge in [-0.15, -0.1) is 0 Å². The molecule has 2 saturated heterocycles. The molecule has 5 aliphatic rings. The van der Waals surface area contributed by atoms with E-state index in [0.717, 1.165) is 18.4 Å². The summed E-state index contributed by atoms with van der Waals surface area (Å²) in [6, 6.07) is 1.84. The van der Waals surface area contributed by atoms with Crippen LogP contribution in [0.5, 0.6) is 0 Å². The summed E-state index contributed by atoms with van der Waals surface area (Å²) >= 11 is 0. The largest absolute Gasteiger partial charge is 0.472 e. The van der Waals surface area contributed by atoms with Crippen LogP contribution in [0.25, 0.3) is 0 Å². The fourth-order valence-corrected chi connectivity index (χ4v) is 9.20. The van der Waals surface area contributed by atoms with E-state index < -0.39 is 40.2 Å². The van der Waals surface area contributed by atoms with Crippen LogP contribution in [0, 0.1) is 33.5 Å². The highest BCUT2D eigenvalue weighted by Gasteiger charge is 2.88. The fraction of sp³-hybridized carbons (Fsp3) is 0.679. The first-order valence-electron chi connectivity index (χ1n) is 12.7. The lowest BCUT2D eigenvalue weighted by molar-refractivity contribution is -0.251. The van der Waals surface area contributed by atoms with Crippen molar-refractivity contribution in [1.82, 2.24) is 0 Å². The zero-order valence-corrected chi connectivity index (χ0v) is 21.3. The van der Waals surface area contributed by atoms with Crippen molar-refractivity contribution in [3.63, 3.8) is 0 Å². The van der Waals surface area contributed by atoms with Gasteiger partial charge in [-0.3, -0.25) is 9.59 Å². The lowest BCUT2D eigenvalue weighted by Crippen LogP contribution is -2.72. The van der Waals surface area contributed by atoms with E-state index in [9.17, 15) is 14.4 Å². The molecule has 2 saturated carbocycles. The van der Waals surface area contributed by atoms with E-state index in [0.29, 0.717) is 6.42 Å². The van der Waals surface area contributed by atoms with E-state index in [1.807, 2.05) is 19.9 Å². The van der Waals surface area contributed by atoms with Crippen LogP contribution in [-0.2, 0) is 28.6 Å². The van der Waals surface area contributed by atoms with Crippen LogP contribution in [0.1, 0.15) is 72.5 Å². The molecular weight excluding hydrogens is 448 g/mol. The second-order valence-electron chi connectivity index (χ2n) is 12.6. The molecule has 188 valence electrons. The normalized spacial score (nSPS) is 49.1. The van der Waals surface area contributed by atoms with Crippen LogP contribution in [0.15, 0.2) is 35.2 Å². The molecule has 4 unspecified atom stereocenters. The number of hydrogen-bond acceptors (Lipinski definition) is 7. The maximum absolute atomic E-state index is 13.2. The first kappa shape index (κ1) is 23.0. The smallest absolute Gasteiger partial charge is 0.339 e.